The third-order valence-corrected chi connectivity index (χ3v) is 2.76. The lowest BCUT2D eigenvalue weighted by Gasteiger charge is -2.11. The molecule has 3 heteroatoms. The zero-order chi connectivity index (χ0) is 12.1. The number of ketones is 1. The SMILES string of the molecule is COCCC(N)C(=O)c1ccc(C)c(C)c1. The fourth-order valence-electron chi connectivity index (χ4n) is 1.48. The first kappa shape index (κ1) is 12.9. The van der Waals surface area contributed by atoms with E-state index in [-0.39, 0.29) is 5.78 Å². The highest BCUT2D eigenvalue weighted by Gasteiger charge is 2.15. The summed E-state index contributed by atoms with van der Waals surface area (Å²) < 4.78 is 4.91. The zero-order valence-corrected chi connectivity index (χ0v) is 10.1. The molecular weight excluding hydrogens is 202 g/mol. The first-order valence-electron chi connectivity index (χ1n) is 5.42. The van der Waals surface area contributed by atoms with Gasteiger partial charge in [-0.25, -0.2) is 0 Å². The highest BCUT2D eigenvalue weighted by atomic mass is 16.5. The van der Waals surface area contributed by atoms with Gasteiger partial charge in [0.25, 0.3) is 0 Å². The van der Waals surface area contributed by atoms with Gasteiger partial charge in [-0.05, 0) is 37.5 Å². The Bertz CT molecular complexity index is 374. The standard InChI is InChI=1S/C13H19NO2/c1-9-4-5-11(8-10(9)2)13(15)12(14)6-7-16-3/h4-5,8,12H,6-7,14H2,1-3H3. The molecule has 0 radical (unpaired) electrons. The molecule has 0 saturated carbocycles. The molecule has 0 amide bonds. The van der Waals surface area contributed by atoms with Crippen molar-refractivity contribution in [3.8, 4) is 0 Å². The van der Waals surface area contributed by atoms with Crippen LogP contribution < -0.4 is 5.73 Å². The van der Waals surface area contributed by atoms with Gasteiger partial charge >= 0.3 is 0 Å². The topological polar surface area (TPSA) is 52.3 Å². The number of benzene rings is 1. The first-order chi connectivity index (χ1) is 7.56. The van der Waals surface area contributed by atoms with E-state index in [0.29, 0.717) is 18.6 Å². The van der Waals surface area contributed by atoms with E-state index in [1.165, 1.54) is 5.56 Å². The molecule has 1 rings (SSSR count). The summed E-state index contributed by atoms with van der Waals surface area (Å²) in [6.07, 6.45) is 0.558. The molecule has 3 nitrogen and oxygen atoms in total. The fourth-order valence-corrected chi connectivity index (χ4v) is 1.48. The Balaban J connectivity index is 2.76. The smallest absolute Gasteiger partial charge is 0.179 e. The van der Waals surface area contributed by atoms with Gasteiger partial charge < -0.3 is 10.5 Å². The lowest BCUT2D eigenvalue weighted by molar-refractivity contribution is 0.0935. The Morgan fingerprint density at radius 1 is 1.38 bits per heavy atom. The highest BCUT2D eigenvalue weighted by molar-refractivity contribution is 6.00. The number of aryl methyl sites for hydroxylation is 2. The van der Waals surface area contributed by atoms with E-state index in [2.05, 4.69) is 0 Å². The van der Waals surface area contributed by atoms with Crippen molar-refractivity contribution in [2.24, 2.45) is 5.73 Å². The highest BCUT2D eigenvalue weighted by Crippen LogP contribution is 2.12. The Morgan fingerprint density at radius 3 is 2.62 bits per heavy atom. The van der Waals surface area contributed by atoms with E-state index in [4.69, 9.17) is 10.5 Å². The third kappa shape index (κ3) is 3.15. The Labute approximate surface area is 96.6 Å². The maximum atomic E-state index is 11.9. The van der Waals surface area contributed by atoms with Crippen LogP contribution in [0, 0.1) is 13.8 Å². The summed E-state index contributed by atoms with van der Waals surface area (Å²) in [6, 6.07) is 5.20. The second kappa shape index (κ2) is 5.77. The van der Waals surface area contributed by atoms with Crippen LogP contribution in [0.1, 0.15) is 27.9 Å². The maximum Gasteiger partial charge on any atom is 0.179 e. The molecule has 0 aliphatic heterocycles. The van der Waals surface area contributed by atoms with Crippen LogP contribution in [0.4, 0.5) is 0 Å². The second-order valence-corrected chi connectivity index (χ2v) is 4.05. The summed E-state index contributed by atoms with van der Waals surface area (Å²) in [5.74, 6) is -0.0137. The van der Waals surface area contributed by atoms with Gasteiger partial charge in [0.2, 0.25) is 0 Å². The number of rotatable bonds is 5. The molecule has 0 bridgehead atoms. The van der Waals surface area contributed by atoms with Crippen molar-refractivity contribution in [2.45, 2.75) is 26.3 Å². The van der Waals surface area contributed by atoms with Gasteiger partial charge in [-0.1, -0.05) is 12.1 Å². The number of carbonyl (C=O) groups is 1. The number of hydrogen-bond acceptors (Lipinski definition) is 3. The van der Waals surface area contributed by atoms with Gasteiger partial charge in [0, 0.05) is 19.3 Å². The number of methoxy groups -OCH3 is 1. The van der Waals surface area contributed by atoms with E-state index in [0.717, 1.165) is 5.56 Å². The number of Topliss-reactive ketones (excluding diaryl/α,β-unsaturated/α-hetero) is 1. The minimum atomic E-state index is -0.470. The van der Waals surface area contributed by atoms with Crippen molar-refractivity contribution in [1.29, 1.82) is 0 Å². The van der Waals surface area contributed by atoms with Gasteiger partial charge in [0.05, 0.1) is 6.04 Å². The summed E-state index contributed by atoms with van der Waals surface area (Å²) in [6.45, 7) is 4.53. The van der Waals surface area contributed by atoms with E-state index in [1.54, 1.807) is 7.11 Å². The van der Waals surface area contributed by atoms with Gasteiger partial charge in [0.15, 0.2) is 5.78 Å². The number of ether oxygens (including phenoxy) is 1. The number of hydrogen-bond donors (Lipinski definition) is 1. The van der Waals surface area contributed by atoms with Crippen LogP contribution in [0.15, 0.2) is 18.2 Å². The lowest BCUT2D eigenvalue weighted by atomic mass is 9.99. The van der Waals surface area contributed by atoms with Crippen LogP contribution in [0.5, 0.6) is 0 Å². The Kier molecular flexibility index (Phi) is 4.65. The van der Waals surface area contributed by atoms with Crippen LogP contribution in [-0.4, -0.2) is 25.5 Å². The number of carbonyl (C=O) groups excluding carboxylic acids is 1. The van der Waals surface area contributed by atoms with Crippen LogP contribution in [0.2, 0.25) is 0 Å². The number of nitrogens with two attached hydrogens (primary N) is 1. The van der Waals surface area contributed by atoms with Crippen molar-refractivity contribution in [2.75, 3.05) is 13.7 Å². The molecule has 1 aromatic rings. The van der Waals surface area contributed by atoms with Crippen LogP contribution in [0.3, 0.4) is 0 Å². The van der Waals surface area contributed by atoms with Crippen molar-refractivity contribution in [3.63, 3.8) is 0 Å². The summed E-state index contributed by atoms with van der Waals surface area (Å²) in [4.78, 5) is 11.9. The fraction of sp³-hybridized carbons (Fsp3) is 0.462. The van der Waals surface area contributed by atoms with Crippen LogP contribution >= 0.6 is 0 Å². The minimum absolute atomic E-state index is 0.0137. The van der Waals surface area contributed by atoms with Gasteiger partial charge in [-0.2, -0.15) is 0 Å². The summed E-state index contributed by atoms with van der Waals surface area (Å²) in [7, 11) is 1.60. The Morgan fingerprint density at radius 2 is 2.06 bits per heavy atom. The summed E-state index contributed by atoms with van der Waals surface area (Å²) in [5, 5.41) is 0. The molecule has 1 unspecified atom stereocenters. The molecule has 0 spiro atoms. The third-order valence-electron chi connectivity index (χ3n) is 2.76. The minimum Gasteiger partial charge on any atom is -0.385 e. The molecule has 0 aliphatic rings. The van der Waals surface area contributed by atoms with Crippen LogP contribution in [-0.2, 0) is 4.74 Å². The molecule has 0 aliphatic carbocycles. The largest absolute Gasteiger partial charge is 0.385 e. The van der Waals surface area contributed by atoms with E-state index < -0.39 is 6.04 Å². The van der Waals surface area contributed by atoms with E-state index >= 15 is 0 Å². The van der Waals surface area contributed by atoms with Gasteiger partial charge in [-0.3, -0.25) is 4.79 Å². The predicted octanol–water partition coefficient (Wildman–Crippen LogP) is 1.85. The molecule has 0 saturated heterocycles. The van der Waals surface area contributed by atoms with Crippen molar-refractivity contribution < 1.29 is 9.53 Å². The Hall–Kier alpha value is -1.19. The summed E-state index contributed by atoms with van der Waals surface area (Å²) in [5.41, 5.74) is 8.78. The molecule has 1 aromatic carbocycles. The van der Waals surface area contributed by atoms with Crippen molar-refractivity contribution in [3.05, 3.63) is 34.9 Å². The summed E-state index contributed by atoms with van der Waals surface area (Å²) >= 11 is 0. The zero-order valence-electron chi connectivity index (χ0n) is 10.1. The molecular formula is C13H19NO2. The second-order valence-electron chi connectivity index (χ2n) is 4.05. The lowest BCUT2D eigenvalue weighted by Crippen LogP contribution is -2.31. The van der Waals surface area contributed by atoms with Crippen molar-refractivity contribution >= 4 is 5.78 Å². The van der Waals surface area contributed by atoms with Crippen LogP contribution in [0.25, 0.3) is 0 Å². The van der Waals surface area contributed by atoms with E-state index in [9.17, 15) is 4.79 Å². The average Bonchev–Trinajstić information content (AvgIpc) is 2.28. The van der Waals surface area contributed by atoms with Crippen molar-refractivity contribution in [1.82, 2.24) is 0 Å². The molecule has 88 valence electrons. The molecule has 0 aromatic heterocycles. The van der Waals surface area contributed by atoms with Gasteiger partial charge in [-0.15, -0.1) is 0 Å². The molecule has 16 heavy (non-hydrogen) atoms. The molecule has 0 fully saturated rings. The molecule has 1 atom stereocenters. The predicted molar refractivity (Wildman–Crippen MR) is 64.7 cm³/mol. The normalized spacial score (nSPS) is 12.5. The molecule has 2 N–H and O–H groups in total. The first-order valence-corrected chi connectivity index (χ1v) is 5.42. The quantitative estimate of drug-likeness (QED) is 0.772. The van der Waals surface area contributed by atoms with E-state index in [1.807, 2.05) is 32.0 Å². The monoisotopic (exact) mass is 221 g/mol. The average molecular weight is 221 g/mol. The maximum absolute atomic E-state index is 11.9. The van der Waals surface area contributed by atoms with Gasteiger partial charge in [0.1, 0.15) is 0 Å². The molecule has 0 heterocycles.